The van der Waals surface area contributed by atoms with Crippen molar-refractivity contribution in [2.45, 2.75) is 33.2 Å². The van der Waals surface area contributed by atoms with E-state index in [1.807, 2.05) is 6.92 Å². The molecule has 2 aliphatic rings. The highest BCUT2D eigenvalue weighted by atomic mass is 16.5. The summed E-state index contributed by atoms with van der Waals surface area (Å²) in [5.41, 5.74) is 0.224. The molecule has 2 aromatic rings. The van der Waals surface area contributed by atoms with E-state index in [4.69, 9.17) is 4.52 Å². The molecular formula is C17H22N6O3. The first-order valence-electron chi connectivity index (χ1n) is 8.80. The standard InChI is InChI=1S/C17H22N6O3/c1-4-23-6-5-14(19-23)16(25)22-9-17(10-22)8-21(12(3)24)7-13(17)15-18-11(2)20-26-15/h5-6,13H,4,7-10H2,1-3H3. The maximum Gasteiger partial charge on any atom is 0.274 e. The summed E-state index contributed by atoms with van der Waals surface area (Å²) < 4.78 is 7.12. The summed E-state index contributed by atoms with van der Waals surface area (Å²) in [6.07, 6.45) is 1.81. The first kappa shape index (κ1) is 16.7. The molecule has 2 fully saturated rings. The third-order valence-corrected chi connectivity index (χ3v) is 5.42. The summed E-state index contributed by atoms with van der Waals surface area (Å²) in [6, 6.07) is 1.74. The molecule has 2 amide bonds. The molecule has 1 unspecified atom stereocenters. The van der Waals surface area contributed by atoms with Gasteiger partial charge in [-0.25, -0.2) is 0 Å². The molecule has 0 N–H and O–H groups in total. The van der Waals surface area contributed by atoms with Crippen molar-refractivity contribution in [3.8, 4) is 0 Å². The van der Waals surface area contributed by atoms with E-state index in [1.165, 1.54) is 0 Å². The molecule has 1 spiro atoms. The summed E-state index contributed by atoms with van der Waals surface area (Å²) in [7, 11) is 0. The Balaban J connectivity index is 1.53. The molecule has 9 nitrogen and oxygen atoms in total. The quantitative estimate of drug-likeness (QED) is 0.800. The lowest BCUT2D eigenvalue weighted by atomic mass is 9.71. The van der Waals surface area contributed by atoms with Crippen molar-refractivity contribution in [3.63, 3.8) is 0 Å². The normalized spacial score (nSPS) is 21.3. The zero-order valence-corrected chi connectivity index (χ0v) is 15.2. The summed E-state index contributed by atoms with van der Waals surface area (Å²) in [5.74, 6) is 1.02. The van der Waals surface area contributed by atoms with E-state index < -0.39 is 0 Å². The van der Waals surface area contributed by atoms with Crippen LogP contribution in [0.1, 0.15) is 42.0 Å². The monoisotopic (exact) mass is 358 g/mol. The molecule has 0 saturated carbocycles. The van der Waals surface area contributed by atoms with Crippen LogP contribution in [0.25, 0.3) is 0 Å². The van der Waals surface area contributed by atoms with Crippen LogP contribution in [-0.4, -0.2) is 67.7 Å². The van der Waals surface area contributed by atoms with Crippen LogP contribution in [0.3, 0.4) is 0 Å². The van der Waals surface area contributed by atoms with Crippen LogP contribution in [0.15, 0.2) is 16.8 Å². The second-order valence-electron chi connectivity index (χ2n) is 7.21. The minimum absolute atomic E-state index is 0.0228. The molecule has 1 atom stereocenters. The Bertz CT molecular complexity index is 850. The van der Waals surface area contributed by atoms with Gasteiger partial charge in [0.1, 0.15) is 5.69 Å². The van der Waals surface area contributed by atoms with Crippen LogP contribution in [0.2, 0.25) is 0 Å². The Morgan fingerprint density at radius 3 is 2.62 bits per heavy atom. The number of carbonyl (C=O) groups is 2. The minimum atomic E-state index is -0.229. The van der Waals surface area contributed by atoms with Gasteiger partial charge in [-0.05, 0) is 19.9 Å². The van der Waals surface area contributed by atoms with Crippen molar-refractivity contribution in [1.82, 2.24) is 29.7 Å². The third kappa shape index (κ3) is 2.58. The first-order valence-corrected chi connectivity index (χ1v) is 8.80. The highest BCUT2D eigenvalue weighted by Gasteiger charge is 2.58. The number of likely N-dealkylation sites (tertiary alicyclic amines) is 2. The van der Waals surface area contributed by atoms with Crippen LogP contribution in [0, 0.1) is 12.3 Å². The second-order valence-corrected chi connectivity index (χ2v) is 7.21. The summed E-state index contributed by atoms with van der Waals surface area (Å²) >= 11 is 0. The van der Waals surface area contributed by atoms with Crippen molar-refractivity contribution in [2.75, 3.05) is 26.2 Å². The number of nitrogens with zero attached hydrogens (tertiary/aromatic N) is 6. The lowest BCUT2D eigenvalue weighted by Gasteiger charge is -2.49. The van der Waals surface area contributed by atoms with Gasteiger partial charge in [0.25, 0.3) is 5.91 Å². The van der Waals surface area contributed by atoms with E-state index in [1.54, 1.807) is 40.6 Å². The molecule has 0 aromatic carbocycles. The van der Waals surface area contributed by atoms with Gasteiger partial charge in [0, 0.05) is 51.3 Å². The molecule has 2 saturated heterocycles. The van der Waals surface area contributed by atoms with E-state index >= 15 is 0 Å². The van der Waals surface area contributed by atoms with Crippen molar-refractivity contribution in [3.05, 3.63) is 29.7 Å². The fraction of sp³-hybridized carbons (Fsp3) is 0.588. The van der Waals surface area contributed by atoms with Gasteiger partial charge in [-0.15, -0.1) is 0 Å². The van der Waals surface area contributed by atoms with Gasteiger partial charge in [-0.1, -0.05) is 5.16 Å². The highest BCUT2D eigenvalue weighted by molar-refractivity contribution is 5.93. The van der Waals surface area contributed by atoms with Gasteiger partial charge < -0.3 is 14.3 Å². The van der Waals surface area contributed by atoms with Crippen LogP contribution >= 0.6 is 0 Å². The van der Waals surface area contributed by atoms with Crippen LogP contribution in [0.4, 0.5) is 0 Å². The minimum Gasteiger partial charge on any atom is -0.341 e. The molecule has 26 heavy (non-hydrogen) atoms. The van der Waals surface area contributed by atoms with Crippen LogP contribution in [-0.2, 0) is 11.3 Å². The van der Waals surface area contributed by atoms with Crippen molar-refractivity contribution >= 4 is 11.8 Å². The lowest BCUT2D eigenvalue weighted by molar-refractivity contribution is -0.128. The Kier molecular flexibility index (Phi) is 3.82. The molecule has 4 rings (SSSR count). The van der Waals surface area contributed by atoms with Gasteiger partial charge in [-0.2, -0.15) is 10.1 Å². The first-order chi connectivity index (χ1) is 12.4. The molecular weight excluding hydrogens is 336 g/mol. The maximum absolute atomic E-state index is 12.7. The number of hydrogen-bond donors (Lipinski definition) is 0. The molecule has 138 valence electrons. The van der Waals surface area contributed by atoms with Crippen molar-refractivity contribution in [2.24, 2.45) is 5.41 Å². The van der Waals surface area contributed by atoms with E-state index in [2.05, 4.69) is 15.2 Å². The molecule has 0 radical (unpaired) electrons. The van der Waals surface area contributed by atoms with Gasteiger partial charge >= 0.3 is 0 Å². The second kappa shape index (κ2) is 5.93. The fourth-order valence-electron chi connectivity index (χ4n) is 4.00. The molecule has 0 bridgehead atoms. The SMILES string of the molecule is CCn1ccc(C(=O)N2CC3(CN(C(C)=O)CC3c3nc(C)no3)C2)n1. The predicted molar refractivity (Wildman–Crippen MR) is 90.3 cm³/mol. The maximum atomic E-state index is 12.7. The topological polar surface area (TPSA) is 97.4 Å². The van der Waals surface area contributed by atoms with E-state index in [-0.39, 0.29) is 23.1 Å². The van der Waals surface area contributed by atoms with Crippen LogP contribution in [0.5, 0.6) is 0 Å². The van der Waals surface area contributed by atoms with Gasteiger partial charge in [0.05, 0.1) is 5.92 Å². The fourth-order valence-corrected chi connectivity index (χ4v) is 4.00. The third-order valence-electron chi connectivity index (χ3n) is 5.42. The summed E-state index contributed by atoms with van der Waals surface area (Å²) in [6.45, 7) is 8.30. The Morgan fingerprint density at radius 2 is 2.04 bits per heavy atom. The predicted octanol–water partition coefficient (Wildman–Crippen LogP) is 0.683. The number of aryl methyl sites for hydroxylation is 2. The molecule has 2 aliphatic heterocycles. The Hall–Kier alpha value is -2.71. The smallest absolute Gasteiger partial charge is 0.274 e. The Labute approximate surface area is 150 Å². The summed E-state index contributed by atoms with van der Waals surface area (Å²) in [4.78, 5) is 32.5. The number of rotatable bonds is 3. The summed E-state index contributed by atoms with van der Waals surface area (Å²) in [5, 5.41) is 8.18. The molecule has 2 aromatic heterocycles. The number of aromatic nitrogens is 4. The zero-order chi connectivity index (χ0) is 18.5. The van der Waals surface area contributed by atoms with Crippen LogP contribution < -0.4 is 0 Å². The molecule has 0 aliphatic carbocycles. The van der Waals surface area contributed by atoms with Gasteiger partial charge in [0.15, 0.2) is 5.82 Å². The molecule has 9 heteroatoms. The van der Waals surface area contributed by atoms with Crippen molar-refractivity contribution in [1.29, 1.82) is 0 Å². The van der Waals surface area contributed by atoms with Gasteiger partial charge in [0.2, 0.25) is 11.8 Å². The van der Waals surface area contributed by atoms with E-state index in [9.17, 15) is 9.59 Å². The van der Waals surface area contributed by atoms with E-state index in [0.29, 0.717) is 43.6 Å². The molecule has 4 heterocycles. The van der Waals surface area contributed by atoms with E-state index in [0.717, 1.165) is 6.54 Å². The average molecular weight is 358 g/mol. The van der Waals surface area contributed by atoms with Crippen molar-refractivity contribution < 1.29 is 14.1 Å². The highest BCUT2D eigenvalue weighted by Crippen LogP contribution is 2.49. The Morgan fingerprint density at radius 1 is 1.31 bits per heavy atom. The number of carbonyl (C=O) groups excluding carboxylic acids is 2. The number of amides is 2. The largest absolute Gasteiger partial charge is 0.341 e. The zero-order valence-electron chi connectivity index (χ0n) is 15.2. The average Bonchev–Trinajstić information content (AvgIpc) is 3.29. The lowest BCUT2D eigenvalue weighted by Crippen LogP contribution is -2.61. The van der Waals surface area contributed by atoms with Gasteiger partial charge in [-0.3, -0.25) is 14.3 Å². The number of hydrogen-bond acceptors (Lipinski definition) is 6.